The van der Waals surface area contributed by atoms with Crippen LogP contribution < -0.4 is 0 Å². The molecule has 2 N–H and O–H groups in total. The van der Waals surface area contributed by atoms with Crippen LogP contribution in [0, 0.1) is 11.6 Å². The number of nitrogens with one attached hydrogen (secondary N) is 1. The number of aromatic amines is 1. The summed E-state index contributed by atoms with van der Waals surface area (Å²) in [5.74, 6) is -1.79. The van der Waals surface area contributed by atoms with Gasteiger partial charge < -0.3 is 15.0 Å². The number of carbonyl (C=O) groups is 1. The quantitative estimate of drug-likeness (QED) is 0.721. The molecule has 0 spiro atoms. The lowest BCUT2D eigenvalue weighted by Gasteiger charge is -2.23. The van der Waals surface area contributed by atoms with E-state index in [1.165, 1.54) is 17.0 Å². The summed E-state index contributed by atoms with van der Waals surface area (Å²) in [6, 6.07) is 7.59. The minimum absolute atomic E-state index is 0.178. The standard InChI is InChI=1S/C19H15F2N3O2/c20-15-3-1-2-13(17(15)21)12-4-7-22-18-14(12)10-16(23-18)11-5-8-24(9-6-11)19(25)26/h1-5,7,10H,6,8-9H2,(H,22,23)(H,25,26). The number of benzene rings is 1. The number of hydrogen-bond donors (Lipinski definition) is 2. The number of nitrogens with zero attached hydrogens (tertiary/aromatic N) is 2. The maximum atomic E-state index is 14.2. The molecule has 0 unspecified atom stereocenters. The van der Waals surface area contributed by atoms with E-state index in [1.54, 1.807) is 12.3 Å². The number of rotatable bonds is 2. The van der Waals surface area contributed by atoms with Crippen molar-refractivity contribution in [1.29, 1.82) is 0 Å². The predicted molar refractivity (Wildman–Crippen MR) is 93.6 cm³/mol. The van der Waals surface area contributed by atoms with Crippen molar-refractivity contribution in [3.05, 3.63) is 59.9 Å². The Morgan fingerprint density at radius 3 is 2.81 bits per heavy atom. The Morgan fingerprint density at radius 1 is 1.23 bits per heavy atom. The van der Waals surface area contributed by atoms with Gasteiger partial charge in [0.05, 0.1) is 0 Å². The highest BCUT2D eigenvalue weighted by molar-refractivity contribution is 5.95. The van der Waals surface area contributed by atoms with E-state index >= 15 is 0 Å². The van der Waals surface area contributed by atoms with Gasteiger partial charge in [-0.25, -0.2) is 18.6 Å². The Bertz CT molecular complexity index is 1040. The van der Waals surface area contributed by atoms with Gasteiger partial charge in [-0.1, -0.05) is 18.2 Å². The van der Waals surface area contributed by atoms with Crippen LogP contribution in [-0.4, -0.2) is 39.2 Å². The predicted octanol–water partition coefficient (Wildman–Crippen LogP) is 4.28. The second kappa shape index (κ2) is 6.25. The third-order valence-corrected chi connectivity index (χ3v) is 4.60. The molecule has 7 heteroatoms. The van der Waals surface area contributed by atoms with E-state index in [4.69, 9.17) is 5.11 Å². The molecule has 0 fully saturated rings. The van der Waals surface area contributed by atoms with Gasteiger partial charge >= 0.3 is 6.09 Å². The molecule has 1 aliphatic heterocycles. The first-order valence-electron chi connectivity index (χ1n) is 8.14. The van der Waals surface area contributed by atoms with Crippen LogP contribution in [0.4, 0.5) is 13.6 Å². The third-order valence-electron chi connectivity index (χ3n) is 4.60. The van der Waals surface area contributed by atoms with Crippen molar-refractivity contribution in [2.75, 3.05) is 13.1 Å². The molecule has 1 aromatic carbocycles. The van der Waals surface area contributed by atoms with E-state index in [1.807, 2.05) is 12.1 Å². The van der Waals surface area contributed by atoms with Crippen LogP contribution in [0.3, 0.4) is 0 Å². The van der Waals surface area contributed by atoms with E-state index < -0.39 is 17.7 Å². The first kappa shape index (κ1) is 16.3. The van der Waals surface area contributed by atoms with Crippen molar-refractivity contribution in [2.45, 2.75) is 6.42 Å². The summed E-state index contributed by atoms with van der Waals surface area (Å²) in [5.41, 5.74) is 3.09. The fraction of sp³-hybridized carbons (Fsp3) is 0.158. The highest BCUT2D eigenvalue weighted by atomic mass is 19.2. The highest BCUT2D eigenvalue weighted by Crippen LogP contribution is 2.33. The molecule has 1 amide bonds. The van der Waals surface area contributed by atoms with Crippen LogP contribution in [0.15, 0.2) is 42.6 Å². The summed E-state index contributed by atoms with van der Waals surface area (Å²) >= 11 is 0. The summed E-state index contributed by atoms with van der Waals surface area (Å²) in [7, 11) is 0. The van der Waals surface area contributed by atoms with Crippen molar-refractivity contribution in [3.63, 3.8) is 0 Å². The number of aromatic nitrogens is 2. The van der Waals surface area contributed by atoms with Gasteiger partial charge in [0, 0.05) is 35.9 Å². The van der Waals surface area contributed by atoms with E-state index in [2.05, 4.69) is 9.97 Å². The second-order valence-corrected chi connectivity index (χ2v) is 6.11. The normalized spacial score (nSPS) is 14.5. The van der Waals surface area contributed by atoms with Crippen molar-refractivity contribution in [2.24, 2.45) is 0 Å². The lowest BCUT2D eigenvalue weighted by molar-refractivity contribution is 0.150. The average Bonchev–Trinajstić information content (AvgIpc) is 3.08. The molecule has 3 heterocycles. The van der Waals surface area contributed by atoms with E-state index in [0.717, 1.165) is 17.3 Å². The van der Waals surface area contributed by atoms with Gasteiger partial charge in [0.25, 0.3) is 0 Å². The fourth-order valence-electron chi connectivity index (χ4n) is 3.23. The molecular formula is C19H15F2N3O2. The summed E-state index contributed by atoms with van der Waals surface area (Å²) in [6.45, 7) is 0.730. The number of halogens is 2. The third kappa shape index (κ3) is 2.71. The second-order valence-electron chi connectivity index (χ2n) is 6.11. The topological polar surface area (TPSA) is 69.2 Å². The molecule has 1 aliphatic rings. The van der Waals surface area contributed by atoms with Gasteiger partial charge in [0.2, 0.25) is 0 Å². The number of pyridine rings is 1. The maximum Gasteiger partial charge on any atom is 0.407 e. The zero-order valence-corrected chi connectivity index (χ0v) is 13.7. The van der Waals surface area contributed by atoms with Crippen LogP contribution in [-0.2, 0) is 0 Å². The Morgan fingerprint density at radius 2 is 2.08 bits per heavy atom. The summed E-state index contributed by atoms with van der Waals surface area (Å²) in [4.78, 5) is 19.8. The van der Waals surface area contributed by atoms with Crippen molar-refractivity contribution < 1.29 is 18.7 Å². The first-order chi connectivity index (χ1) is 12.5. The molecule has 5 nitrogen and oxygen atoms in total. The molecular weight excluding hydrogens is 340 g/mol. The number of fused-ring (bicyclic) bond motifs is 1. The maximum absolute atomic E-state index is 14.2. The summed E-state index contributed by atoms with van der Waals surface area (Å²) < 4.78 is 27.8. The summed E-state index contributed by atoms with van der Waals surface area (Å²) in [6.07, 6.45) is 3.03. The smallest absolute Gasteiger partial charge is 0.407 e. The van der Waals surface area contributed by atoms with Gasteiger partial charge in [-0.05, 0) is 35.8 Å². The van der Waals surface area contributed by atoms with Crippen LogP contribution >= 0.6 is 0 Å². The Labute approximate surface area is 147 Å². The Hall–Kier alpha value is -3.22. The van der Waals surface area contributed by atoms with Crippen molar-refractivity contribution in [3.8, 4) is 11.1 Å². The summed E-state index contributed by atoms with van der Waals surface area (Å²) in [5, 5.41) is 9.72. The van der Waals surface area contributed by atoms with E-state index in [0.29, 0.717) is 36.1 Å². The number of H-pyrrole nitrogens is 1. The van der Waals surface area contributed by atoms with Gasteiger partial charge in [0.15, 0.2) is 11.6 Å². The molecule has 132 valence electrons. The SMILES string of the molecule is O=C(O)N1CC=C(c2cc3c(-c4cccc(F)c4F)ccnc3[nH]2)CC1. The monoisotopic (exact) mass is 355 g/mol. The molecule has 2 aromatic heterocycles. The molecule has 26 heavy (non-hydrogen) atoms. The van der Waals surface area contributed by atoms with Gasteiger partial charge in [-0.3, -0.25) is 0 Å². The Balaban J connectivity index is 1.77. The van der Waals surface area contributed by atoms with E-state index in [9.17, 15) is 13.6 Å². The first-order valence-corrected chi connectivity index (χ1v) is 8.14. The molecule has 0 aliphatic carbocycles. The minimum atomic E-state index is -0.942. The molecule has 4 rings (SSSR count). The van der Waals surface area contributed by atoms with Crippen molar-refractivity contribution >= 4 is 22.7 Å². The molecule has 0 atom stereocenters. The van der Waals surface area contributed by atoms with Gasteiger partial charge in [0.1, 0.15) is 5.65 Å². The zero-order valence-electron chi connectivity index (χ0n) is 13.7. The molecule has 3 aromatic rings. The van der Waals surface area contributed by atoms with Crippen LogP contribution in [0.25, 0.3) is 27.7 Å². The van der Waals surface area contributed by atoms with Crippen LogP contribution in [0.5, 0.6) is 0 Å². The zero-order chi connectivity index (χ0) is 18.3. The minimum Gasteiger partial charge on any atom is -0.465 e. The largest absolute Gasteiger partial charge is 0.465 e. The van der Waals surface area contributed by atoms with Crippen LogP contribution in [0.2, 0.25) is 0 Å². The number of amides is 1. The lowest BCUT2D eigenvalue weighted by atomic mass is 10.0. The molecule has 0 radical (unpaired) electrons. The molecule has 0 saturated heterocycles. The number of hydrogen-bond acceptors (Lipinski definition) is 2. The highest BCUT2D eigenvalue weighted by Gasteiger charge is 2.19. The van der Waals surface area contributed by atoms with Gasteiger partial charge in [-0.15, -0.1) is 0 Å². The molecule has 0 saturated carbocycles. The van der Waals surface area contributed by atoms with Crippen molar-refractivity contribution in [1.82, 2.24) is 14.9 Å². The van der Waals surface area contributed by atoms with Gasteiger partial charge in [-0.2, -0.15) is 0 Å². The molecule has 0 bridgehead atoms. The number of carboxylic acid groups (broad SMARTS) is 1. The van der Waals surface area contributed by atoms with E-state index in [-0.39, 0.29) is 5.56 Å². The Kier molecular flexibility index (Phi) is 3.91. The average molecular weight is 355 g/mol. The fourth-order valence-corrected chi connectivity index (χ4v) is 3.23. The van der Waals surface area contributed by atoms with Crippen LogP contribution in [0.1, 0.15) is 12.1 Å². The lowest BCUT2D eigenvalue weighted by Crippen LogP contribution is -2.33.